The lowest BCUT2D eigenvalue weighted by Gasteiger charge is -2.61. The highest BCUT2D eigenvalue weighted by Gasteiger charge is 2.60. The van der Waals surface area contributed by atoms with Crippen LogP contribution in [0, 0.1) is 46.3 Å². The van der Waals surface area contributed by atoms with E-state index in [1.165, 1.54) is 89.9 Å². The van der Waals surface area contributed by atoms with Gasteiger partial charge in [-0.3, -0.25) is 9.59 Å². The minimum absolute atomic E-state index is 0.265. The van der Waals surface area contributed by atoms with Gasteiger partial charge in [0.05, 0.1) is 0 Å². The van der Waals surface area contributed by atoms with Gasteiger partial charge in [0.25, 0.3) is 0 Å². The molecular weight excluding hydrogens is 492 g/mol. The summed E-state index contributed by atoms with van der Waals surface area (Å²) in [6.45, 7) is 13.0. The fourth-order valence-corrected chi connectivity index (χ4v) is 10.6. The standard InChI is InChI=1S/C36H64N2O2/c1-6-8-10-11-13-34(40)38-28-20-22-35(4)27(25-28)15-16-29-31-18-17-30(36(31,5)23-21-32(29)35)26(3)14-19-33(39)37-24-12-9-7-2/h26-32H,6-25H2,1-5H3,(H,37,39)(H,38,40). The van der Waals surface area contributed by atoms with Crippen LogP contribution < -0.4 is 10.6 Å². The van der Waals surface area contributed by atoms with Crippen LogP contribution in [0.15, 0.2) is 0 Å². The molecule has 230 valence electrons. The van der Waals surface area contributed by atoms with Gasteiger partial charge in [-0.1, -0.05) is 66.7 Å². The Morgan fingerprint density at radius 3 is 2.27 bits per heavy atom. The van der Waals surface area contributed by atoms with Crippen molar-refractivity contribution in [3.05, 3.63) is 0 Å². The number of fused-ring (bicyclic) bond motifs is 5. The van der Waals surface area contributed by atoms with Crippen molar-refractivity contribution in [2.75, 3.05) is 6.54 Å². The number of hydrogen-bond acceptors (Lipinski definition) is 2. The van der Waals surface area contributed by atoms with E-state index in [1.807, 2.05) is 0 Å². The number of unbranched alkanes of at least 4 members (excludes halogenated alkanes) is 5. The molecule has 40 heavy (non-hydrogen) atoms. The first-order valence-electron chi connectivity index (χ1n) is 17.8. The van der Waals surface area contributed by atoms with E-state index in [4.69, 9.17) is 0 Å². The first-order chi connectivity index (χ1) is 19.2. The van der Waals surface area contributed by atoms with Crippen molar-refractivity contribution in [3.63, 3.8) is 0 Å². The number of amides is 2. The number of carbonyl (C=O) groups excluding carboxylic acids is 2. The molecule has 2 amide bonds. The Morgan fingerprint density at radius 1 is 0.775 bits per heavy atom. The predicted molar refractivity (Wildman–Crippen MR) is 167 cm³/mol. The highest BCUT2D eigenvalue weighted by atomic mass is 16.2. The fraction of sp³-hybridized carbons (Fsp3) is 0.944. The molecule has 4 saturated carbocycles. The Labute approximate surface area is 247 Å². The molecule has 9 unspecified atom stereocenters. The van der Waals surface area contributed by atoms with E-state index in [0.29, 0.717) is 41.5 Å². The lowest BCUT2D eigenvalue weighted by molar-refractivity contribution is -0.128. The molecule has 0 spiro atoms. The zero-order valence-corrected chi connectivity index (χ0v) is 27.0. The summed E-state index contributed by atoms with van der Waals surface area (Å²) >= 11 is 0. The number of carbonyl (C=O) groups is 2. The van der Waals surface area contributed by atoms with Gasteiger partial charge in [0.15, 0.2) is 0 Å². The average molecular weight is 557 g/mol. The molecule has 4 aliphatic rings. The SMILES string of the molecule is CCCCCCC(=O)NC1CCC2(C)C(CCC3C2CCC2(C)C(C(C)CCC(=O)NCCCCC)CCC32)C1. The number of nitrogens with one attached hydrogen (secondary N) is 2. The molecule has 0 saturated heterocycles. The van der Waals surface area contributed by atoms with Gasteiger partial charge in [-0.15, -0.1) is 0 Å². The van der Waals surface area contributed by atoms with Gasteiger partial charge in [0.2, 0.25) is 11.8 Å². The third kappa shape index (κ3) is 7.11. The topological polar surface area (TPSA) is 58.2 Å². The summed E-state index contributed by atoms with van der Waals surface area (Å²) in [5.74, 6) is 5.40. The van der Waals surface area contributed by atoms with E-state index in [-0.39, 0.29) is 5.91 Å². The molecule has 4 fully saturated rings. The van der Waals surface area contributed by atoms with E-state index in [9.17, 15) is 9.59 Å². The van der Waals surface area contributed by atoms with Gasteiger partial charge in [0.1, 0.15) is 0 Å². The number of rotatable bonds is 14. The van der Waals surface area contributed by atoms with E-state index >= 15 is 0 Å². The lowest BCUT2D eigenvalue weighted by atomic mass is 9.44. The Morgan fingerprint density at radius 2 is 1.50 bits per heavy atom. The number of hydrogen-bond donors (Lipinski definition) is 2. The van der Waals surface area contributed by atoms with E-state index < -0.39 is 0 Å². The van der Waals surface area contributed by atoms with E-state index in [2.05, 4.69) is 45.3 Å². The fourth-order valence-electron chi connectivity index (χ4n) is 10.6. The third-order valence-electron chi connectivity index (χ3n) is 13.0. The minimum Gasteiger partial charge on any atom is -0.356 e. The summed E-state index contributed by atoms with van der Waals surface area (Å²) in [6.07, 6.45) is 22.7. The van der Waals surface area contributed by atoms with Crippen molar-refractivity contribution >= 4 is 11.8 Å². The molecule has 0 aromatic heterocycles. The monoisotopic (exact) mass is 556 g/mol. The van der Waals surface area contributed by atoms with Crippen LogP contribution in [0.25, 0.3) is 0 Å². The zero-order chi connectivity index (χ0) is 28.8. The second-order valence-corrected chi connectivity index (χ2v) is 15.3. The Hall–Kier alpha value is -1.06. The van der Waals surface area contributed by atoms with Crippen LogP contribution in [-0.2, 0) is 9.59 Å². The summed E-state index contributed by atoms with van der Waals surface area (Å²) < 4.78 is 0. The van der Waals surface area contributed by atoms with Crippen LogP contribution in [0.2, 0.25) is 0 Å². The van der Waals surface area contributed by atoms with Gasteiger partial charge >= 0.3 is 0 Å². The van der Waals surface area contributed by atoms with Crippen LogP contribution in [0.5, 0.6) is 0 Å². The summed E-state index contributed by atoms with van der Waals surface area (Å²) in [5.41, 5.74) is 0.927. The first-order valence-corrected chi connectivity index (χ1v) is 17.8. The van der Waals surface area contributed by atoms with Crippen LogP contribution >= 0.6 is 0 Å². The van der Waals surface area contributed by atoms with E-state index in [0.717, 1.165) is 55.4 Å². The maximum Gasteiger partial charge on any atom is 0.220 e. The molecule has 0 radical (unpaired) electrons. The molecule has 2 N–H and O–H groups in total. The average Bonchev–Trinajstić information content (AvgIpc) is 3.29. The van der Waals surface area contributed by atoms with Crippen molar-refractivity contribution in [1.29, 1.82) is 0 Å². The molecule has 4 rings (SSSR count). The molecule has 9 atom stereocenters. The molecule has 0 bridgehead atoms. The molecule has 0 aromatic rings. The van der Waals surface area contributed by atoms with Gasteiger partial charge < -0.3 is 10.6 Å². The van der Waals surface area contributed by atoms with Gasteiger partial charge in [0, 0.05) is 25.4 Å². The minimum atomic E-state index is 0.265. The molecular formula is C36H64N2O2. The molecule has 0 heterocycles. The van der Waals surface area contributed by atoms with E-state index in [1.54, 1.807) is 0 Å². The second kappa shape index (κ2) is 14.4. The summed E-state index contributed by atoms with van der Waals surface area (Å²) in [7, 11) is 0. The third-order valence-corrected chi connectivity index (χ3v) is 13.0. The van der Waals surface area contributed by atoms with Crippen molar-refractivity contribution in [3.8, 4) is 0 Å². The molecule has 0 aromatic carbocycles. The Bertz CT molecular complexity index is 828. The van der Waals surface area contributed by atoms with Crippen LogP contribution in [-0.4, -0.2) is 24.4 Å². The van der Waals surface area contributed by atoms with Crippen molar-refractivity contribution in [2.45, 2.75) is 163 Å². The summed E-state index contributed by atoms with van der Waals surface area (Å²) in [4.78, 5) is 25.1. The highest BCUT2D eigenvalue weighted by Crippen LogP contribution is 2.68. The van der Waals surface area contributed by atoms with Crippen LogP contribution in [0.3, 0.4) is 0 Å². The van der Waals surface area contributed by atoms with Crippen molar-refractivity contribution in [2.24, 2.45) is 46.3 Å². The van der Waals surface area contributed by atoms with Crippen molar-refractivity contribution < 1.29 is 9.59 Å². The zero-order valence-electron chi connectivity index (χ0n) is 27.0. The van der Waals surface area contributed by atoms with Gasteiger partial charge in [-0.05, 0) is 123 Å². The quantitative estimate of drug-likeness (QED) is 0.210. The second-order valence-electron chi connectivity index (χ2n) is 15.3. The Kier molecular flexibility index (Phi) is 11.5. The maximum atomic E-state index is 12.6. The van der Waals surface area contributed by atoms with Crippen LogP contribution in [0.4, 0.5) is 0 Å². The molecule has 4 aliphatic carbocycles. The molecule has 4 heteroatoms. The van der Waals surface area contributed by atoms with Crippen molar-refractivity contribution in [1.82, 2.24) is 10.6 Å². The first kappa shape index (κ1) is 31.9. The normalized spacial score (nSPS) is 37.6. The van der Waals surface area contributed by atoms with Gasteiger partial charge in [-0.25, -0.2) is 0 Å². The predicted octanol–water partition coefficient (Wildman–Crippen LogP) is 8.82. The largest absolute Gasteiger partial charge is 0.356 e. The summed E-state index contributed by atoms with van der Waals surface area (Å²) in [5, 5.41) is 6.61. The summed E-state index contributed by atoms with van der Waals surface area (Å²) in [6, 6.07) is 0.405. The molecule has 4 nitrogen and oxygen atoms in total. The van der Waals surface area contributed by atoms with Crippen LogP contribution in [0.1, 0.15) is 157 Å². The Balaban J connectivity index is 1.28. The lowest BCUT2D eigenvalue weighted by Crippen LogP contribution is -2.55. The van der Waals surface area contributed by atoms with Gasteiger partial charge in [-0.2, -0.15) is 0 Å². The molecule has 0 aliphatic heterocycles. The maximum absolute atomic E-state index is 12.6. The smallest absolute Gasteiger partial charge is 0.220 e. The highest BCUT2D eigenvalue weighted by molar-refractivity contribution is 5.76.